The van der Waals surface area contributed by atoms with E-state index in [1.807, 2.05) is 0 Å². The van der Waals surface area contributed by atoms with Gasteiger partial charge in [-0.05, 0) is 18.1 Å². The monoisotopic (exact) mass is 369 g/mol. The Kier molecular flexibility index (Phi) is 5.63. The van der Waals surface area contributed by atoms with E-state index in [1.165, 1.54) is 0 Å². The molecule has 0 aliphatic rings. The van der Waals surface area contributed by atoms with Crippen molar-refractivity contribution in [2.24, 2.45) is 5.92 Å². The molecule has 0 unspecified atom stereocenters. The predicted molar refractivity (Wildman–Crippen MR) is 72.2 cm³/mol. The third-order valence-corrected chi connectivity index (χ3v) is 3.78. The zero-order chi connectivity index (χ0) is 15.5. The molecule has 20 heavy (non-hydrogen) atoms. The summed E-state index contributed by atoms with van der Waals surface area (Å²) in [6.45, 7) is 3.70. The number of aromatic carboxylic acids is 1. The lowest BCUT2D eigenvalue weighted by atomic mass is 10.2. The Morgan fingerprint density at radius 1 is 1.50 bits per heavy atom. The molecule has 0 aliphatic heterocycles. The van der Waals surface area contributed by atoms with E-state index >= 15 is 0 Å². The first kappa shape index (κ1) is 17.0. The van der Waals surface area contributed by atoms with Crippen LogP contribution in [0.5, 0.6) is 0 Å². The molecule has 0 aliphatic carbocycles. The smallest absolute Gasteiger partial charge is 0.338 e. The van der Waals surface area contributed by atoms with Gasteiger partial charge >= 0.3 is 5.97 Å². The lowest BCUT2D eigenvalue weighted by Gasteiger charge is -2.11. The Morgan fingerprint density at radius 2 is 2.10 bits per heavy atom. The number of carboxylic acids is 1. The van der Waals surface area contributed by atoms with Crippen molar-refractivity contribution in [2.75, 3.05) is 6.61 Å². The van der Waals surface area contributed by atoms with E-state index in [1.54, 1.807) is 18.7 Å². The van der Waals surface area contributed by atoms with Crippen molar-refractivity contribution >= 4 is 31.9 Å². The summed E-state index contributed by atoms with van der Waals surface area (Å²) < 4.78 is 37.8. The number of sulfonamides is 1. The molecule has 0 saturated heterocycles. The van der Waals surface area contributed by atoms with Crippen molar-refractivity contribution in [3.63, 3.8) is 0 Å². The fourth-order valence-electron chi connectivity index (χ4n) is 1.24. The van der Waals surface area contributed by atoms with Crippen molar-refractivity contribution in [1.29, 1.82) is 0 Å². The van der Waals surface area contributed by atoms with E-state index in [2.05, 4.69) is 15.9 Å². The van der Waals surface area contributed by atoms with Crippen molar-refractivity contribution in [3.05, 3.63) is 28.0 Å². The second-order valence-electron chi connectivity index (χ2n) is 4.36. The Hall–Kier alpha value is -1.03. The van der Waals surface area contributed by atoms with Crippen molar-refractivity contribution in [2.45, 2.75) is 18.7 Å². The van der Waals surface area contributed by atoms with Gasteiger partial charge in [0.1, 0.15) is 4.90 Å². The molecule has 2 N–H and O–H groups in total. The van der Waals surface area contributed by atoms with Crippen LogP contribution in [0.4, 0.5) is 4.39 Å². The van der Waals surface area contributed by atoms with Crippen molar-refractivity contribution < 1.29 is 27.5 Å². The van der Waals surface area contributed by atoms with Crippen LogP contribution in [0.25, 0.3) is 0 Å². The second-order valence-corrected chi connectivity index (χ2v) is 6.89. The van der Waals surface area contributed by atoms with Crippen molar-refractivity contribution in [3.8, 4) is 0 Å². The zero-order valence-electron chi connectivity index (χ0n) is 10.7. The first-order valence-corrected chi connectivity index (χ1v) is 7.78. The van der Waals surface area contributed by atoms with Gasteiger partial charge in [0, 0.05) is 4.47 Å². The van der Waals surface area contributed by atoms with E-state index in [-0.39, 0.29) is 17.0 Å². The van der Waals surface area contributed by atoms with Crippen LogP contribution in [0.3, 0.4) is 0 Å². The Bertz CT molecular complexity index is 617. The van der Waals surface area contributed by atoms with Gasteiger partial charge in [0.2, 0.25) is 0 Å². The molecule has 0 heterocycles. The molecule has 0 saturated carbocycles. The van der Waals surface area contributed by atoms with Gasteiger partial charge in [0.05, 0.1) is 12.2 Å². The summed E-state index contributed by atoms with van der Waals surface area (Å²) in [5, 5.41) is 8.82. The third kappa shape index (κ3) is 4.23. The number of benzene rings is 1. The molecular weight excluding hydrogens is 357 g/mol. The average molecular weight is 370 g/mol. The van der Waals surface area contributed by atoms with Gasteiger partial charge in [-0.2, -0.15) is 0 Å². The lowest BCUT2D eigenvalue weighted by Crippen LogP contribution is -2.27. The first-order chi connectivity index (χ1) is 9.15. The summed E-state index contributed by atoms with van der Waals surface area (Å²) in [5.74, 6) is -2.84. The number of carbonyl (C=O) groups is 1. The predicted octanol–water partition coefficient (Wildman–Crippen LogP) is 2.15. The Morgan fingerprint density at radius 3 is 2.60 bits per heavy atom. The highest BCUT2D eigenvalue weighted by molar-refractivity contribution is 9.10. The summed E-state index contributed by atoms with van der Waals surface area (Å²) in [5.41, 5.74) is -0.747. The van der Waals surface area contributed by atoms with Crippen LogP contribution < -0.4 is 4.89 Å². The molecule has 112 valence electrons. The number of hydrogen-bond acceptors (Lipinski definition) is 4. The standard InChI is InChI=1S/C11H13BrFNO5S/c1-6(2)5-19-14-20(17,18)9-4-7(12)3-8(10(9)13)11(15)16/h3-4,6,14H,5H2,1-2H3,(H,15,16). The van der Waals surface area contributed by atoms with Crippen LogP contribution in [-0.4, -0.2) is 26.1 Å². The molecule has 0 bridgehead atoms. The molecule has 0 amide bonds. The molecule has 6 nitrogen and oxygen atoms in total. The topological polar surface area (TPSA) is 92.7 Å². The van der Waals surface area contributed by atoms with Crippen LogP contribution >= 0.6 is 15.9 Å². The van der Waals surface area contributed by atoms with Crippen LogP contribution in [0, 0.1) is 11.7 Å². The number of rotatable bonds is 6. The maximum absolute atomic E-state index is 13.9. The average Bonchev–Trinajstić information content (AvgIpc) is 2.30. The summed E-state index contributed by atoms with van der Waals surface area (Å²) in [7, 11) is -4.31. The molecule has 0 radical (unpaired) electrons. The lowest BCUT2D eigenvalue weighted by molar-refractivity contribution is 0.0689. The molecule has 0 spiro atoms. The van der Waals surface area contributed by atoms with Crippen LogP contribution in [-0.2, 0) is 14.9 Å². The van der Waals surface area contributed by atoms with E-state index in [4.69, 9.17) is 9.94 Å². The minimum absolute atomic E-state index is 0.0691. The number of carboxylic acid groups (broad SMARTS) is 1. The summed E-state index contributed by atoms with van der Waals surface area (Å²) in [6, 6.07) is 1.94. The molecule has 1 aromatic carbocycles. The molecule has 0 aromatic heterocycles. The van der Waals surface area contributed by atoms with Gasteiger partial charge in [0.15, 0.2) is 5.82 Å². The van der Waals surface area contributed by atoms with Gasteiger partial charge in [0.25, 0.3) is 10.0 Å². The maximum Gasteiger partial charge on any atom is 0.338 e. The van der Waals surface area contributed by atoms with Gasteiger partial charge < -0.3 is 5.11 Å². The van der Waals surface area contributed by atoms with E-state index in [0.717, 1.165) is 12.1 Å². The molecule has 1 aromatic rings. The number of nitrogens with one attached hydrogen (secondary N) is 1. The minimum atomic E-state index is -4.31. The highest BCUT2D eigenvalue weighted by atomic mass is 79.9. The van der Waals surface area contributed by atoms with Crippen LogP contribution in [0.1, 0.15) is 24.2 Å². The Labute approximate surface area is 124 Å². The van der Waals surface area contributed by atoms with Crippen LogP contribution in [0.15, 0.2) is 21.5 Å². The number of hydrogen-bond donors (Lipinski definition) is 2. The van der Waals surface area contributed by atoms with E-state index in [9.17, 15) is 17.6 Å². The van der Waals surface area contributed by atoms with E-state index in [0.29, 0.717) is 0 Å². The van der Waals surface area contributed by atoms with Gasteiger partial charge in [-0.25, -0.2) is 17.6 Å². The SMILES string of the molecule is CC(C)CONS(=O)(=O)c1cc(Br)cc(C(=O)O)c1F. The van der Waals surface area contributed by atoms with Gasteiger partial charge in [-0.1, -0.05) is 34.7 Å². The molecule has 9 heteroatoms. The Balaban J connectivity index is 3.15. The van der Waals surface area contributed by atoms with Crippen molar-refractivity contribution in [1.82, 2.24) is 4.89 Å². The summed E-state index contributed by atoms with van der Waals surface area (Å²) in [4.78, 5) is 16.6. The largest absolute Gasteiger partial charge is 0.478 e. The number of halogens is 2. The van der Waals surface area contributed by atoms with E-state index < -0.39 is 32.3 Å². The molecule has 0 fully saturated rings. The molecule has 1 rings (SSSR count). The quantitative estimate of drug-likeness (QED) is 0.749. The second kappa shape index (κ2) is 6.61. The normalized spacial score (nSPS) is 11.8. The molecule has 0 atom stereocenters. The fraction of sp³-hybridized carbons (Fsp3) is 0.364. The molecular formula is C11H13BrFNO5S. The summed E-state index contributed by atoms with van der Waals surface area (Å²) in [6.07, 6.45) is 0. The minimum Gasteiger partial charge on any atom is -0.478 e. The first-order valence-electron chi connectivity index (χ1n) is 5.51. The van der Waals surface area contributed by atoms with Gasteiger partial charge in [-0.15, -0.1) is 0 Å². The third-order valence-electron chi connectivity index (χ3n) is 2.11. The zero-order valence-corrected chi connectivity index (χ0v) is 13.1. The van der Waals surface area contributed by atoms with Crippen LogP contribution in [0.2, 0.25) is 0 Å². The fourth-order valence-corrected chi connectivity index (χ4v) is 2.79. The summed E-state index contributed by atoms with van der Waals surface area (Å²) >= 11 is 2.94. The maximum atomic E-state index is 13.9. The highest BCUT2D eigenvalue weighted by Gasteiger charge is 2.25. The highest BCUT2D eigenvalue weighted by Crippen LogP contribution is 2.24. The van der Waals surface area contributed by atoms with Gasteiger partial charge in [-0.3, -0.25) is 4.84 Å².